The van der Waals surface area contributed by atoms with Gasteiger partial charge in [0, 0.05) is 28.4 Å². The lowest BCUT2D eigenvalue weighted by molar-refractivity contribution is -0.115. The molecule has 7 heteroatoms. The first-order valence-electron chi connectivity index (χ1n) is 8.35. The molecular formula is C20H19Cl2N3O2. The Hall–Kier alpha value is -2.50. The molecule has 0 saturated carbocycles. The summed E-state index contributed by atoms with van der Waals surface area (Å²) >= 11 is 12.0. The Bertz CT molecular complexity index is 982. The van der Waals surface area contributed by atoms with Gasteiger partial charge in [0.05, 0.1) is 17.8 Å². The molecule has 1 N–H and O–H groups in total. The van der Waals surface area contributed by atoms with Crippen molar-refractivity contribution >= 4 is 34.8 Å². The average Bonchev–Trinajstić information content (AvgIpc) is 2.85. The van der Waals surface area contributed by atoms with Crippen molar-refractivity contribution in [2.75, 3.05) is 5.32 Å². The first kappa shape index (κ1) is 19.3. The van der Waals surface area contributed by atoms with Gasteiger partial charge < -0.3 is 10.1 Å². The smallest absolute Gasteiger partial charge is 0.229 e. The van der Waals surface area contributed by atoms with Crippen molar-refractivity contribution in [2.24, 2.45) is 7.05 Å². The van der Waals surface area contributed by atoms with Crippen LogP contribution in [0.2, 0.25) is 10.0 Å². The molecule has 0 saturated heterocycles. The molecule has 1 amide bonds. The zero-order chi connectivity index (χ0) is 19.6. The van der Waals surface area contributed by atoms with E-state index in [4.69, 9.17) is 27.9 Å². The number of amides is 1. The molecule has 1 heterocycles. The van der Waals surface area contributed by atoms with Crippen LogP contribution in [-0.2, 0) is 18.3 Å². The van der Waals surface area contributed by atoms with Crippen LogP contribution in [0.5, 0.6) is 11.5 Å². The second kappa shape index (κ2) is 8.03. The van der Waals surface area contributed by atoms with Crippen molar-refractivity contribution in [1.29, 1.82) is 0 Å². The summed E-state index contributed by atoms with van der Waals surface area (Å²) < 4.78 is 7.64. The molecule has 1 aromatic heterocycles. The third kappa shape index (κ3) is 4.62. The maximum absolute atomic E-state index is 12.6. The molecule has 0 aliphatic carbocycles. The Morgan fingerprint density at radius 2 is 1.78 bits per heavy atom. The maximum Gasteiger partial charge on any atom is 0.229 e. The van der Waals surface area contributed by atoms with Crippen LogP contribution in [-0.4, -0.2) is 15.7 Å². The van der Waals surface area contributed by atoms with E-state index in [0.29, 0.717) is 27.2 Å². The minimum atomic E-state index is -0.169. The van der Waals surface area contributed by atoms with Crippen molar-refractivity contribution in [3.05, 3.63) is 69.5 Å². The summed E-state index contributed by atoms with van der Waals surface area (Å²) in [6.45, 7) is 3.83. The monoisotopic (exact) mass is 403 g/mol. The zero-order valence-electron chi connectivity index (χ0n) is 15.2. The molecule has 5 nitrogen and oxygen atoms in total. The van der Waals surface area contributed by atoms with Gasteiger partial charge in [-0.25, -0.2) is 0 Å². The number of nitrogens with zero attached hydrogens (tertiary/aromatic N) is 2. The Kier molecular flexibility index (Phi) is 5.73. The summed E-state index contributed by atoms with van der Waals surface area (Å²) in [5, 5.41) is 8.35. The van der Waals surface area contributed by atoms with E-state index in [1.807, 2.05) is 20.9 Å². The third-order valence-electron chi connectivity index (χ3n) is 4.25. The summed E-state index contributed by atoms with van der Waals surface area (Å²) in [6, 6.07) is 12.1. The number of aromatic nitrogens is 2. The summed E-state index contributed by atoms with van der Waals surface area (Å²) in [4.78, 5) is 12.6. The molecule has 0 aliphatic heterocycles. The van der Waals surface area contributed by atoms with Crippen molar-refractivity contribution in [1.82, 2.24) is 9.78 Å². The molecule has 27 heavy (non-hydrogen) atoms. The first-order chi connectivity index (χ1) is 12.8. The number of anilines is 1. The highest BCUT2D eigenvalue weighted by molar-refractivity contribution is 6.31. The van der Waals surface area contributed by atoms with Gasteiger partial charge in [-0.15, -0.1) is 0 Å². The summed E-state index contributed by atoms with van der Waals surface area (Å²) in [5.41, 5.74) is 3.22. The topological polar surface area (TPSA) is 56.2 Å². The Labute approximate surface area is 167 Å². The molecule has 0 atom stereocenters. The van der Waals surface area contributed by atoms with Crippen LogP contribution in [0.25, 0.3) is 0 Å². The van der Waals surface area contributed by atoms with Crippen LogP contribution in [0, 0.1) is 13.8 Å². The SMILES string of the molecule is Cc1nn(C)c(C)c1CC(=O)Nc1cc(Cl)ccc1Oc1ccc(Cl)cc1. The maximum atomic E-state index is 12.6. The second-order valence-corrected chi connectivity index (χ2v) is 7.07. The quantitative estimate of drug-likeness (QED) is 0.627. The average molecular weight is 404 g/mol. The lowest BCUT2D eigenvalue weighted by Crippen LogP contribution is -2.16. The van der Waals surface area contributed by atoms with Crippen molar-refractivity contribution < 1.29 is 9.53 Å². The summed E-state index contributed by atoms with van der Waals surface area (Å²) in [7, 11) is 1.86. The number of halogens is 2. The van der Waals surface area contributed by atoms with Gasteiger partial charge in [-0.2, -0.15) is 5.10 Å². The predicted molar refractivity (Wildman–Crippen MR) is 108 cm³/mol. The fourth-order valence-electron chi connectivity index (χ4n) is 2.75. The molecule has 0 unspecified atom stereocenters. The molecule has 3 aromatic rings. The van der Waals surface area contributed by atoms with E-state index in [9.17, 15) is 4.79 Å². The summed E-state index contributed by atoms with van der Waals surface area (Å²) in [5.74, 6) is 0.934. The Balaban J connectivity index is 1.80. The van der Waals surface area contributed by atoms with Gasteiger partial charge >= 0.3 is 0 Å². The van der Waals surface area contributed by atoms with Gasteiger partial charge in [0.2, 0.25) is 5.91 Å². The van der Waals surface area contributed by atoms with E-state index in [1.165, 1.54) is 0 Å². The molecular weight excluding hydrogens is 385 g/mol. The zero-order valence-corrected chi connectivity index (χ0v) is 16.7. The first-order valence-corrected chi connectivity index (χ1v) is 9.11. The van der Waals surface area contributed by atoms with Gasteiger partial charge in [0.25, 0.3) is 0 Å². The third-order valence-corrected chi connectivity index (χ3v) is 4.74. The molecule has 2 aromatic carbocycles. The fraction of sp³-hybridized carbons (Fsp3) is 0.200. The predicted octanol–water partition coefficient (Wildman–Crippen LogP) is 5.32. The van der Waals surface area contributed by atoms with E-state index < -0.39 is 0 Å². The largest absolute Gasteiger partial charge is 0.455 e. The van der Waals surface area contributed by atoms with Crippen molar-refractivity contribution in [2.45, 2.75) is 20.3 Å². The van der Waals surface area contributed by atoms with E-state index >= 15 is 0 Å². The highest BCUT2D eigenvalue weighted by Gasteiger charge is 2.15. The van der Waals surface area contributed by atoms with Gasteiger partial charge in [0.1, 0.15) is 5.75 Å². The van der Waals surface area contributed by atoms with Crippen LogP contribution in [0.3, 0.4) is 0 Å². The molecule has 3 rings (SSSR count). The number of aryl methyl sites for hydroxylation is 2. The van der Waals surface area contributed by atoms with E-state index in [2.05, 4.69) is 10.4 Å². The number of benzene rings is 2. The van der Waals surface area contributed by atoms with E-state index in [0.717, 1.165) is 17.0 Å². The second-order valence-electron chi connectivity index (χ2n) is 6.19. The molecule has 0 aliphatic rings. The summed E-state index contributed by atoms with van der Waals surface area (Å²) in [6.07, 6.45) is 0.221. The minimum absolute atomic E-state index is 0.169. The number of rotatable bonds is 5. The minimum Gasteiger partial charge on any atom is -0.455 e. The Morgan fingerprint density at radius 1 is 1.11 bits per heavy atom. The van der Waals surface area contributed by atoms with Gasteiger partial charge in [-0.3, -0.25) is 9.48 Å². The van der Waals surface area contributed by atoms with E-state index in [1.54, 1.807) is 47.1 Å². The number of nitrogens with one attached hydrogen (secondary N) is 1. The number of carbonyl (C=O) groups excluding carboxylic acids is 1. The molecule has 0 radical (unpaired) electrons. The lowest BCUT2D eigenvalue weighted by Gasteiger charge is -2.13. The van der Waals surface area contributed by atoms with Crippen molar-refractivity contribution in [3.8, 4) is 11.5 Å². The fourth-order valence-corrected chi connectivity index (χ4v) is 3.04. The number of hydrogen-bond acceptors (Lipinski definition) is 3. The molecule has 0 fully saturated rings. The molecule has 0 bridgehead atoms. The molecule has 0 spiro atoms. The van der Waals surface area contributed by atoms with Crippen LogP contribution < -0.4 is 10.1 Å². The van der Waals surface area contributed by atoms with Gasteiger partial charge in [0.15, 0.2) is 5.75 Å². The van der Waals surface area contributed by atoms with Crippen molar-refractivity contribution in [3.63, 3.8) is 0 Å². The van der Waals surface area contributed by atoms with Crippen LogP contribution in [0.1, 0.15) is 17.0 Å². The van der Waals surface area contributed by atoms with E-state index in [-0.39, 0.29) is 12.3 Å². The van der Waals surface area contributed by atoms with Gasteiger partial charge in [-0.05, 0) is 56.3 Å². The lowest BCUT2D eigenvalue weighted by atomic mass is 10.1. The highest BCUT2D eigenvalue weighted by Crippen LogP contribution is 2.32. The van der Waals surface area contributed by atoms with Crippen LogP contribution in [0.15, 0.2) is 42.5 Å². The normalized spacial score (nSPS) is 10.7. The molecule has 140 valence electrons. The Morgan fingerprint density at radius 3 is 2.41 bits per heavy atom. The van der Waals surface area contributed by atoms with Crippen LogP contribution >= 0.6 is 23.2 Å². The van der Waals surface area contributed by atoms with Crippen LogP contribution in [0.4, 0.5) is 5.69 Å². The number of hydrogen-bond donors (Lipinski definition) is 1. The van der Waals surface area contributed by atoms with Gasteiger partial charge in [-0.1, -0.05) is 23.2 Å². The number of carbonyl (C=O) groups is 1. The number of ether oxygens (including phenoxy) is 1. The standard InChI is InChI=1S/C20H19Cl2N3O2/c1-12-17(13(2)25(3)24-12)11-20(26)23-18-10-15(22)6-9-19(18)27-16-7-4-14(21)5-8-16/h4-10H,11H2,1-3H3,(H,23,26). The highest BCUT2D eigenvalue weighted by atomic mass is 35.5.